The zero-order valence-corrected chi connectivity index (χ0v) is 13.2. The minimum Gasteiger partial charge on any atom is -0.495 e. The molecule has 1 aromatic rings. The smallest absolute Gasteiger partial charge is 0.414 e. The van der Waals surface area contributed by atoms with E-state index in [0.717, 1.165) is 6.07 Å². The number of ether oxygens (including phenoxy) is 2. The van der Waals surface area contributed by atoms with E-state index in [9.17, 15) is 16.8 Å². The Labute approximate surface area is 123 Å². The minimum atomic E-state index is -4.71. The van der Waals surface area contributed by atoms with Gasteiger partial charge in [0.25, 0.3) is 0 Å². The Kier molecular flexibility index (Phi) is 5.39. The number of methoxy groups -OCH3 is 2. The highest BCUT2D eigenvalue weighted by atomic mass is 32.3. The van der Waals surface area contributed by atoms with Crippen molar-refractivity contribution in [1.29, 1.82) is 0 Å². The van der Waals surface area contributed by atoms with E-state index in [4.69, 9.17) is 15.2 Å². The molecule has 21 heavy (non-hydrogen) atoms. The molecule has 0 bridgehead atoms. The summed E-state index contributed by atoms with van der Waals surface area (Å²) in [6, 6.07) is 2.16. The summed E-state index contributed by atoms with van der Waals surface area (Å²) in [4.78, 5) is -0.556. The second kappa shape index (κ2) is 6.47. The molecule has 0 saturated carbocycles. The molecular formula is C10H15NO8S2. The van der Waals surface area contributed by atoms with Crippen molar-refractivity contribution in [2.75, 3.05) is 26.6 Å². The lowest BCUT2D eigenvalue weighted by Crippen LogP contribution is -2.17. The monoisotopic (exact) mass is 341 g/mol. The minimum absolute atomic E-state index is 0.0202. The van der Waals surface area contributed by atoms with Gasteiger partial charge in [-0.15, -0.1) is 3.63 Å². The van der Waals surface area contributed by atoms with Crippen LogP contribution in [0.1, 0.15) is 6.92 Å². The fourth-order valence-electron chi connectivity index (χ4n) is 1.40. The molecule has 9 nitrogen and oxygen atoms in total. The highest BCUT2D eigenvalue weighted by Crippen LogP contribution is 2.35. The third-order valence-electron chi connectivity index (χ3n) is 2.22. The average Bonchev–Trinajstić information content (AvgIpc) is 2.36. The summed E-state index contributed by atoms with van der Waals surface area (Å²) in [5.41, 5.74) is 5.72. The van der Waals surface area contributed by atoms with Crippen molar-refractivity contribution in [2.45, 2.75) is 11.8 Å². The maximum absolute atomic E-state index is 12.0. The molecule has 0 aliphatic rings. The summed E-state index contributed by atoms with van der Waals surface area (Å²) in [5, 5.41) is 0. The molecule has 11 heteroatoms. The summed E-state index contributed by atoms with van der Waals surface area (Å²) >= 11 is 0. The Hall–Kier alpha value is -1.56. The van der Waals surface area contributed by atoms with Gasteiger partial charge in [-0.1, -0.05) is 0 Å². The molecule has 0 radical (unpaired) electrons. The predicted molar refractivity (Wildman–Crippen MR) is 72.8 cm³/mol. The molecule has 0 saturated heterocycles. The van der Waals surface area contributed by atoms with Gasteiger partial charge in [-0.25, -0.2) is 4.18 Å². The molecule has 0 fully saturated rings. The van der Waals surface area contributed by atoms with Gasteiger partial charge < -0.3 is 15.2 Å². The average molecular weight is 341 g/mol. The molecule has 0 heterocycles. The van der Waals surface area contributed by atoms with Crippen LogP contribution in [0.2, 0.25) is 0 Å². The van der Waals surface area contributed by atoms with E-state index in [2.05, 4.69) is 7.81 Å². The van der Waals surface area contributed by atoms with Crippen molar-refractivity contribution in [2.24, 2.45) is 0 Å². The van der Waals surface area contributed by atoms with Gasteiger partial charge in [0, 0.05) is 12.1 Å². The predicted octanol–water partition coefficient (Wildman–Crippen LogP) is 0.273. The quantitative estimate of drug-likeness (QED) is 0.694. The summed E-state index contributed by atoms with van der Waals surface area (Å²) in [7, 11) is -6.95. The molecular weight excluding hydrogens is 326 g/mol. The SMILES string of the molecule is CCOS(=O)(=O)OS(=O)(=O)c1cc(OC)c(N)cc1OC. The third-order valence-corrected chi connectivity index (χ3v) is 4.99. The van der Waals surface area contributed by atoms with E-state index in [-0.39, 0.29) is 23.8 Å². The third kappa shape index (κ3) is 4.20. The number of hydrogen-bond acceptors (Lipinski definition) is 9. The molecule has 0 aliphatic carbocycles. The Bertz CT molecular complexity index is 711. The van der Waals surface area contributed by atoms with Crippen LogP contribution in [0, 0.1) is 0 Å². The van der Waals surface area contributed by atoms with Crippen molar-refractivity contribution < 1.29 is 34.1 Å². The van der Waals surface area contributed by atoms with E-state index in [1.54, 1.807) is 0 Å². The van der Waals surface area contributed by atoms with Crippen molar-refractivity contribution >= 4 is 26.2 Å². The molecule has 0 spiro atoms. The van der Waals surface area contributed by atoms with Crippen LogP contribution in [0.25, 0.3) is 0 Å². The normalized spacial score (nSPS) is 12.1. The van der Waals surface area contributed by atoms with Crippen LogP contribution >= 0.6 is 0 Å². The van der Waals surface area contributed by atoms with Crippen LogP contribution in [-0.4, -0.2) is 37.7 Å². The van der Waals surface area contributed by atoms with Gasteiger partial charge in [-0.3, -0.25) is 0 Å². The number of rotatable bonds is 7. The lowest BCUT2D eigenvalue weighted by molar-refractivity contribution is 0.288. The Morgan fingerprint density at radius 1 is 1.05 bits per heavy atom. The molecule has 0 unspecified atom stereocenters. The summed E-state index contributed by atoms with van der Waals surface area (Å²) in [5.74, 6) is -0.174. The van der Waals surface area contributed by atoms with Crippen LogP contribution in [0.3, 0.4) is 0 Å². The van der Waals surface area contributed by atoms with E-state index < -0.39 is 25.4 Å². The van der Waals surface area contributed by atoms with Crippen molar-refractivity contribution in [3.05, 3.63) is 12.1 Å². The van der Waals surface area contributed by atoms with Gasteiger partial charge in [0.15, 0.2) is 0 Å². The van der Waals surface area contributed by atoms with E-state index >= 15 is 0 Å². The zero-order chi connectivity index (χ0) is 16.3. The van der Waals surface area contributed by atoms with Gasteiger partial charge in [0.05, 0.1) is 26.5 Å². The fourth-order valence-corrected chi connectivity index (χ4v) is 3.66. The van der Waals surface area contributed by atoms with Crippen molar-refractivity contribution in [1.82, 2.24) is 0 Å². The summed E-state index contributed by atoms with van der Waals surface area (Å²) in [6.45, 7) is 1.08. The fraction of sp³-hybridized carbons (Fsp3) is 0.400. The Balaban J connectivity index is 3.37. The maximum atomic E-state index is 12.0. The molecule has 0 aliphatic heterocycles. The first kappa shape index (κ1) is 17.5. The first-order valence-electron chi connectivity index (χ1n) is 5.53. The highest BCUT2D eigenvalue weighted by molar-refractivity contribution is 7.97. The second-order valence-electron chi connectivity index (χ2n) is 3.58. The molecule has 2 N–H and O–H groups in total. The molecule has 1 aromatic carbocycles. The number of nitrogen functional groups attached to an aromatic ring is 1. The van der Waals surface area contributed by atoms with Crippen LogP contribution < -0.4 is 15.2 Å². The summed E-state index contributed by atoms with van der Waals surface area (Å²) in [6.07, 6.45) is 0. The first-order chi connectivity index (χ1) is 9.66. The number of hydrogen-bond donors (Lipinski definition) is 1. The van der Waals surface area contributed by atoms with E-state index in [1.807, 2.05) is 0 Å². The van der Waals surface area contributed by atoms with Gasteiger partial charge in [0.1, 0.15) is 16.4 Å². The largest absolute Gasteiger partial charge is 0.495 e. The summed E-state index contributed by atoms with van der Waals surface area (Å²) < 4.78 is 64.7. The Morgan fingerprint density at radius 2 is 1.62 bits per heavy atom. The van der Waals surface area contributed by atoms with Gasteiger partial charge in [0.2, 0.25) is 0 Å². The Morgan fingerprint density at radius 3 is 2.10 bits per heavy atom. The maximum Gasteiger partial charge on any atom is 0.414 e. The van der Waals surface area contributed by atoms with E-state index in [0.29, 0.717) is 0 Å². The standard InChI is InChI=1S/C10H15NO8S2/c1-4-18-21(14,15)19-20(12,13)10-6-8(16-2)7(11)5-9(10)17-3/h5-6H,4,11H2,1-3H3. The first-order valence-corrected chi connectivity index (χ1v) is 8.28. The number of benzene rings is 1. The van der Waals surface area contributed by atoms with Gasteiger partial charge in [-0.2, -0.15) is 16.8 Å². The molecule has 1 rings (SSSR count). The second-order valence-corrected chi connectivity index (χ2v) is 6.53. The van der Waals surface area contributed by atoms with E-state index in [1.165, 1.54) is 27.2 Å². The van der Waals surface area contributed by atoms with Crippen LogP contribution in [0.15, 0.2) is 17.0 Å². The van der Waals surface area contributed by atoms with Crippen molar-refractivity contribution in [3.8, 4) is 11.5 Å². The van der Waals surface area contributed by atoms with Gasteiger partial charge >= 0.3 is 20.5 Å². The zero-order valence-electron chi connectivity index (χ0n) is 11.5. The van der Waals surface area contributed by atoms with Gasteiger partial charge in [-0.05, 0) is 6.92 Å². The highest BCUT2D eigenvalue weighted by Gasteiger charge is 2.29. The van der Waals surface area contributed by atoms with Crippen molar-refractivity contribution in [3.63, 3.8) is 0 Å². The lowest BCUT2D eigenvalue weighted by atomic mass is 10.3. The number of nitrogens with two attached hydrogens (primary N) is 1. The molecule has 120 valence electrons. The molecule has 0 amide bonds. The topological polar surface area (TPSA) is 131 Å². The van der Waals surface area contributed by atoms with Crippen LogP contribution in [0.5, 0.6) is 11.5 Å². The number of anilines is 1. The lowest BCUT2D eigenvalue weighted by Gasteiger charge is -2.12. The molecule has 0 atom stereocenters. The van der Waals surface area contributed by atoms with Crippen LogP contribution in [0.4, 0.5) is 5.69 Å². The molecule has 0 aromatic heterocycles. The van der Waals surface area contributed by atoms with Crippen LogP contribution in [-0.2, 0) is 28.3 Å².